The van der Waals surface area contributed by atoms with Crippen LogP contribution in [0.1, 0.15) is 19.3 Å². The van der Waals surface area contributed by atoms with Crippen LogP contribution in [0.5, 0.6) is 0 Å². The molecule has 3 amide bonds. The number of nitrogens with zero attached hydrogens (tertiary/aromatic N) is 2. The molecule has 0 bridgehead atoms. The average Bonchev–Trinajstić information content (AvgIpc) is 3.42. The number of likely N-dealkylation sites (tertiary alicyclic amines) is 1. The number of carbonyl (C=O) groups excluding carboxylic acids is 3. The summed E-state index contributed by atoms with van der Waals surface area (Å²) >= 11 is 2.98. The number of aromatic nitrogens is 1. The summed E-state index contributed by atoms with van der Waals surface area (Å²) in [6.45, 7) is 2.84. The van der Waals surface area contributed by atoms with Crippen LogP contribution in [0.4, 0.5) is 5.69 Å². The zero-order valence-electron chi connectivity index (χ0n) is 16.3. The summed E-state index contributed by atoms with van der Waals surface area (Å²) in [6.07, 6.45) is 3.43. The Labute approximate surface area is 177 Å². The van der Waals surface area contributed by atoms with Crippen LogP contribution in [-0.2, 0) is 14.4 Å². The molecule has 2 aliphatic heterocycles. The Balaban J connectivity index is 0.000000343. The van der Waals surface area contributed by atoms with Crippen molar-refractivity contribution in [3.63, 3.8) is 0 Å². The SMILES string of the molecule is CN1CCC(NC(=O)CSc2nc3ccc(NC=O)cc3s2)C1.O=C1CCCN1. The number of anilines is 1. The van der Waals surface area contributed by atoms with Crippen LogP contribution in [0.15, 0.2) is 22.5 Å². The van der Waals surface area contributed by atoms with Gasteiger partial charge < -0.3 is 20.9 Å². The Kier molecular flexibility index (Phi) is 7.84. The maximum atomic E-state index is 12.0. The molecule has 2 aliphatic rings. The molecule has 0 radical (unpaired) electrons. The predicted octanol–water partition coefficient (Wildman–Crippen LogP) is 1.67. The smallest absolute Gasteiger partial charge is 0.230 e. The van der Waals surface area contributed by atoms with Crippen LogP contribution in [0.3, 0.4) is 0 Å². The number of thiazole rings is 1. The monoisotopic (exact) mass is 435 g/mol. The number of benzene rings is 1. The van der Waals surface area contributed by atoms with Gasteiger partial charge in [0.05, 0.1) is 16.0 Å². The lowest BCUT2D eigenvalue weighted by Gasteiger charge is -2.12. The number of nitrogens with one attached hydrogen (secondary N) is 3. The summed E-state index contributed by atoms with van der Waals surface area (Å²) in [6, 6.07) is 5.84. The normalized spacial score (nSPS) is 18.8. The maximum absolute atomic E-state index is 12.0. The maximum Gasteiger partial charge on any atom is 0.230 e. The third-order valence-corrected chi connectivity index (χ3v) is 6.74. The molecule has 0 saturated carbocycles. The van der Waals surface area contributed by atoms with Gasteiger partial charge in [-0.3, -0.25) is 14.4 Å². The van der Waals surface area contributed by atoms with Crippen molar-refractivity contribution in [1.29, 1.82) is 0 Å². The molecule has 1 aromatic heterocycles. The highest BCUT2D eigenvalue weighted by Gasteiger charge is 2.21. The van der Waals surface area contributed by atoms with Crippen LogP contribution in [0, 0.1) is 0 Å². The van der Waals surface area contributed by atoms with E-state index >= 15 is 0 Å². The molecule has 3 heterocycles. The van der Waals surface area contributed by atoms with Gasteiger partial charge in [-0.15, -0.1) is 11.3 Å². The van der Waals surface area contributed by atoms with Gasteiger partial charge in [0.2, 0.25) is 18.2 Å². The van der Waals surface area contributed by atoms with Gasteiger partial charge in [-0.2, -0.15) is 0 Å². The molecule has 1 aromatic carbocycles. The van der Waals surface area contributed by atoms with Gasteiger partial charge in [0.25, 0.3) is 0 Å². The van der Waals surface area contributed by atoms with E-state index in [4.69, 9.17) is 0 Å². The third-order valence-electron chi connectivity index (χ3n) is 4.58. The fourth-order valence-corrected chi connectivity index (χ4v) is 5.06. The first-order valence-electron chi connectivity index (χ1n) is 9.51. The van der Waals surface area contributed by atoms with Crippen molar-refractivity contribution in [2.75, 3.05) is 37.8 Å². The Bertz CT molecular complexity index is 865. The topological polar surface area (TPSA) is 103 Å². The quantitative estimate of drug-likeness (QED) is 0.471. The number of rotatable bonds is 6. The van der Waals surface area contributed by atoms with Crippen LogP contribution in [-0.4, -0.2) is 66.6 Å². The molecule has 4 rings (SSSR count). The van der Waals surface area contributed by atoms with Crippen molar-refractivity contribution < 1.29 is 14.4 Å². The fraction of sp³-hybridized carbons (Fsp3) is 0.474. The van der Waals surface area contributed by atoms with Crippen molar-refractivity contribution in [2.45, 2.75) is 29.6 Å². The van der Waals surface area contributed by atoms with E-state index in [0.29, 0.717) is 12.2 Å². The van der Waals surface area contributed by atoms with Crippen LogP contribution in [0.2, 0.25) is 0 Å². The molecule has 8 nitrogen and oxygen atoms in total. The number of thioether (sulfide) groups is 1. The molecule has 0 spiro atoms. The number of likely N-dealkylation sites (N-methyl/N-ethyl adjacent to an activating group) is 1. The molecule has 29 heavy (non-hydrogen) atoms. The summed E-state index contributed by atoms with van der Waals surface area (Å²) in [5.41, 5.74) is 1.63. The molecular weight excluding hydrogens is 410 g/mol. The second-order valence-electron chi connectivity index (χ2n) is 6.98. The summed E-state index contributed by atoms with van der Waals surface area (Å²) in [4.78, 5) is 39.3. The minimum Gasteiger partial charge on any atom is -0.356 e. The standard InChI is InChI=1S/C15H18N4O2S2.C4H7NO/c1-19-5-4-11(7-19)17-14(21)8-22-15-18-12-3-2-10(16-9-20)6-13(12)23-15;6-4-2-1-3-5-4/h2-3,6,9,11H,4-5,7-8H2,1H3,(H,16,20)(H,17,21);1-3H2,(H,5,6). The first kappa shape index (κ1) is 21.5. The number of carbonyl (C=O) groups is 3. The summed E-state index contributed by atoms with van der Waals surface area (Å²) < 4.78 is 1.86. The third kappa shape index (κ3) is 6.69. The predicted molar refractivity (Wildman–Crippen MR) is 116 cm³/mol. The number of amides is 3. The first-order valence-corrected chi connectivity index (χ1v) is 11.3. The van der Waals surface area contributed by atoms with Crippen LogP contribution in [0.25, 0.3) is 10.2 Å². The molecule has 2 fully saturated rings. The minimum atomic E-state index is 0.0536. The highest BCUT2D eigenvalue weighted by molar-refractivity contribution is 8.01. The second kappa shape index (κ2) is 10.6. The van der Waals surface area contributed by atoms with E-state index < -0.39 is 0 Å². The molecule has 1 atom stereocenters. The summed E-state index contributed by atoms with van der Waals surface area (Å²) in [5.74, 6) is 0.632. The zero-order chi connectivity index (χ0) is 20.6. The first-order chi connectivity index (χ1) is 14.0. The van der Waals surface area contributed by atoms with Crippen molar-refractivity contribution in [3.05, 3.63) is 18.2 Å². The van der Waals surface area contributed by atoms with Gasteiger partial charge in [0.15, 0.2) is 4.34 Å². The second-order valence-corrected chi connectivity index (χ2v) is 9.24. The molecule has 1 unspecified atom stereocenters. The van der Waals surface area contributed by atoms with Gasteiger partial charge in [0, 0.05) is 31.2 Å². The zero-order valence-corrected chi connectivity index (χ0v) is 17.9. The highest BCUT2D eigenvalue weighted by atomic mass is 32.2. The number of hydrogen-bond donors (Lipinski definition) is 3. The Hall–Kier alpha value is -2.17. The van der Waals surface area contributed by atoms with E-state index in [-0.39, 0.29) is 17.9 Å². The van der Waals surface area contributed by atoms with E-state index in [9.17, 15) is 14.4 Å². The Morgan fingerprint density at radius 3 is 2.97 bits per heavy atom. The van der Waals surface area contributed by atoms with E-state index in [1.165, 1.54) is 23.1 Å². The molecule has 156 valence electrons. The highest BCUT2D eigenvalue weighted by Crippen LogP contribution is 2.31. The summed E-state index contributed by atoms with van der Waals surface area (Å²) in [7, 11) is 2.07. The minimum absolute atomic E-state index is 0.0536. The van der Waals surface area contributed by atoms with Gasteiger partial charge in [-0.25, -0.2) is 4.98 Å². The average molecular weight is 436 g/mol. The molecule has 3 N–H and O–H groups in total. The molecule has 10 heteroatoms. The van der Waals surface area contributed by atoms with Crippen molar-refractivity contribution in [1.82, 2.24) is 20.5 Å². The van der Waals surface area contributed by atoms with Crippen LogP contribution < -0.4 is 16.0 Å². The lowest BCUT2D eigenvalue weighted by molar-refractivity contribution is -0.120. The van der Waals surface area contributed by atoms with E-state index in [1.807, 2.05) is 18.2 Å². The Morgan fingerprint density at radius 1 is 1.48 bits per heavy atom. The van der Waals surface area contributed by atoms with Gasteiger partial charge in [-0.1, -0.05) is 11.8 Å². The van der Waals surface area contributed by atoms with Crippen molar-refractivity contribution in [2.24, 2.45) is 0 Å². The lowest BCUT2D eigenvalue weighted by atomic mass is 10.3. The Morgan fingerprint density at radius 2 is 2.34 bits per heavy atom. The van der Waals surface area contributed by atoms with E-state index in [0.717, 1.165) is 59.1 Å². The largest absolute Gasteiger partial charge is 0.356 e. The fourth-order valence-electron chi connectivity index (χ4n) is 3.14. The number of hydrogen-bond acceptors (Lipinski definition) is 7. The van der Waals surface area contributed by atoms with Crippen LogP contribution >= 0.6 is 23.1 Å². The molecule has 0 aliphatic carbocycles. The van der Waals surface area contributed by atoms with E-state index in [1.54, 1.807) is 0 Å². The van der Waals surface area contributed by atoms with Crippen molar-refractivity contribution in [3.8, 4) is 0 Å². The number of fused-ring (bicyclic) bond motifs is 1. The molecular formula is C19H25N5O3S2. The van der Waals surface area contributed by atoms with Gasteiger partial charge in [0.1, 0.15) is 0 Å². The van der Waals surface area contributed by atoms with Gasteiger partial charge >= 0.3 is 0 Å². The molecule has 2 aromatic rings. The van der Waals surface area contributed by atoms with Crippen molar-refractivity contribution >= 4 is 57.2 Å². The van der Waals surface area contributed by atoms with E-state index in [2.05, 4.69) is 32.9 Å². The summed E-state index contributed by atoms with van der Waals surface area (Å²) in [5, 5.41) is 8.37. The lowest BCUT2D eigenvalue weighted by Crippen LogP contribution is -2.37. The van der Waals surface area contributed by atoms with Gasteiger partial charge in [-0.05, 0) is 44.6 Å². The molecule has 2 saturated heterocycles.